The minimum Gasteiger partial charge on any atom is -0.351 e. The van der Waals surface area contributed by atoms with Crippen LogP contribution in [0.1, 0.15) is 25.3 Å². The summed E-state index contributed by atoms with van der Waals surface area (Å²) in [6, 6.07) is 14.5. The molecule has 3 nitrogen and oxygen atoms in total. The van der Waals surface area contributed by atoms with Crippen molar-refractivity contribution in [1.82, 2.24) is 10.6 Å². The molecule has 0 bridgehead atoms. The molecule has 1 heterocycles. The molecule has 1 atom stereocenters. The van der Waals surface area contributed by atoms with Gasteiger partial charge in [0.25, 0.3) is 0 Å². The number of benzene rings is 2. The maximum absolute atomic E-state index is 12.5. The number of amides is 1. The zero-order valence-electron chi connectivity index (χ0n) is 12.5. The molecule has 0 aliphatic carbocycles. The molecule has 1 fully saturated rings. The molecule has 2 aromatic carbocycles. The third kappa shape index (κ3) is 2.93. The van der Waals surface area contributed by atoms with Gasteiger partial charge in [-0.15, -0.1) is 0 Å². The zero-order chi connectivity index (χ0) is 14.7. The van der Waals surface area contributed by atoms with Crippen LogP contribution in [0.3, 0.4) is 0 Å². The van der Waals surface area contributed by atoms with Crippen molar-refractivity contribution in [3.8, 4) is 0 Å². The van der Waals surface area contributed by atoms with E-state index in [1.54, 1.807) is 0 Å². The second-order valence-corrected chi connectivity index (χ2v) is 6.16. The monoisotopic (exact) mass is 282 g/mol. The highest BCUT2D eigenvalue weighted by atomic mass is 16.2. The number of hydrogen-bond donors (Lipinski definition) is 2. The Morgan fingerprint density at radius 3 is 2.86 bits per heavy atom. The SMILES string of the molecule is CC1(C(=O)NCc2cccc3ccccc23)CCCNC1. The van der Waals surface area contributed by atoms with Gasteiger partial charge in [0.1, 0.15) is 0 Å². The lowest BCUT2D eigenvalue weighted by Gasteiger charge is -2.32. The Morgan fingerprint density at radius 2 is 2.05 bits per heavy atom. The summed E-state index contributed by atoms with van der Waals surface area (Å²) in [6.45, 7) is 4.44. The summed E-state index contributed by atoms with van der Waals surface area (Å²) in [5, 5.41) is 8.88. The minimum atomic E-state index is -0.275. The number of nitrogens with one attached hydrogen (secondary N) is 2. The first-order valence-corrected chi connectivity index (χ1v) is 7.65. The van der Waals surface area contributed by atoms with E-state index in [1.807, 2.05) is 18.2 Å². The number of piperidine rings is 1. The Morgan fingerprint density at radius 1 is 1.24 bits per heavy atom. The molecule has 2 aromatic rings. The highest BCUT2D eigenvalue weighted by Crippen LogP contribution is 2.26. The molecular formula is C18H22N2O. The van der Waals surface area contributed by atoms with E-state index in [0.717, 1.165) is 25.9 Å². The van der Waals surface area contributed by atoms with Crippen LogP contribution in [-0.4, -0.2) is 19.0 Å². The summed E-state index contributed by atoms with van der Waals surface area (Å²) in [4.78, 5) is 12.5. The lowest BCUT2D eigenvalue weighted by atomic mass is 9.82. The third-order valence-electron chi connectivity index (χ3n) is 4.46. The maximum Gasteiger partial charge on any atom is 0.227 e. The van der Waals surface area contributed by atoms with E-state index in [9.17, 15) is 4.79 Å². The molecule has 21 heavy (non-hydrogen) atoms. The van der Waals surface area contributed by atoms with Gasteiger partial charge in [-0.05, 0) is 42.6 Å². The van der Waals surface area contributed by atoms with Crippen molar-refractivity contribution in [1.29, 1.82) is 0 Å². The van der Waals surface area contributed by atoms with Gasteiger partial charge < -0.3 is 10.6 Å². The van der Waals surface area contributed by atoms with Crippen LogP contribution in [0, 0.1) is 5.41 Å². The highest BCUT2D eigenvalue weighted by Gasteiger charge is 2.34. The summed E-state index contributed by atoms with van der Waals surface area (Å²) in [5.41, 5.74) is 0.900. The van der Waals surface area contributed by atoms with E-state index in [4.69, 9.17) is 0 Å². The Bertz CT molecular complexity index is 639. The Kier molecular flexibility index (Phi) is 3.93. The first kappa shape index (κ1) is 14.1. The molecule has 0 aromatic heterocycles. The molecule has 2 N–H and O–H groups in total. The van der Waals surface area contributed by atoms with Crippen LogP contribution in [0.2, 0.25) is 0 Å². The van der Waals surface area contributed by atoms with Gasteiger partial charge in [0.2, 0.25) is 5.91 Å². The standard InChI is InChI=1S/C18H22N2O/c1-18(10-5-11-19-13-18)17(21)20-12-15-8-4-7-14-6-2-3-9-16(14)15/h2-4,6-9,19H,5,10-13H2,1H3,(H,20,21). The molecule has 3 heteroatoms. The summed E-state index contributed by atoms with van der Waals surface area (Å²) >= 11 is 0. The average Bonchev–Trinajstić information content (AvgIpc) is 2.53. The molecular weight excluding hydrogens is 260 g/mol. The van der Waals surface area contributed by atoms with E-state index in [0.29, 0.717) is 6.54 Å². The third-order valence-corrected chi connectivity index (χ3v) is 4.46. The Balaban J connectivity index is 1.73. The predicted octanol–water partition coefficient (Wildman–Crippen LogP) is 2.85. The van der Waals surface area contributed by atoms with E-state index >= 15 is 0 Å². The minimum absolute atomic E-state index is 0.155. The number of carbonyl (C=O) groups is 1. The van der Waals surface area contributed by atoms with Crippen LogP contribution in [0.15, 0.2) is 42.5 Å². The molecule has 0 radical (unpaired) electrons. The Hall–Kier alpha value is -1.87. The summed E-state index contributed by atoms with van der Waals surface area (Å²) in [7, 11) is 0. The number of carbonyl (C=O) groups excluding carboxylic acids is 1. The molecule has 1 amide bonds. The van der Waals surface area contributed by atoms with Gasteiger partial charge in [0, 0.05) is 13.1 Å². The van der Waals surface area contributed by atoms with Crippen LogP contribution in [0.25, 0.3) is 10.8 Å². The molecule has 0 saturated carbocycles. The first-order valence-electron chi connectivity index (χ1n) is 7.65. The number of rotatable bonds is 3. The topological polar surface area (TPSA) is 41.1 Å². The van der Waals surface area contributed by atoms with Crippen LogP contribution < -0.4 is 10.6 Å². The molecule has 1 unspecified atom stereocenters. The van der Waals surface area contributed by atoms with Crippen molar-refractivity contribution >= 4 is 16.7 Å². The van der Waals surface area contributed by atoms with E-state index in [2.05, 4.69) is 41.8 Å². The number of hydrogen-bond acceptors (Lipinski definition) is 2. The zero-order valence-corrected chi connectivity index (χ0v) is 12.5. The van der Waals surface area contributed by atoms with Gasteiger partial charge in [-0.2, -0.15) is 0 Å². The van der Waals surface area contributed by atoms with E-state index in [-0.39, 0.29) is 11.3 Å². The van der Waals surface area contributed by atoms with Crippen molar-refractivity contribution in [2.24, 2.45) is 5.41 Å². The smallest absolute Gasteiger partial charge is 0.227 e. The van der Waals surface area contributed by atoms with Crippen LogP contribution in [-0.2, 0) is 11.3 Å². The van der Waals surface area contributed by atoms with E-state index < -0.39 is 0 Å². The lowest BCUT2D eigenvalue weighted by molar-refractivity contribution is -0.131. The Labute approximate surface area is 125 Å². The normalized spacial score (nSPS) is 22.1. The van der Waals surface area contributed by atoms with Crippen LogP contribution >= 0.6 is 0 Å². The van der Waals surface area contributed by atoms with Crippen molar-refractivity contribution in [3.05, 3.63) is 48.0 Å². The molecule has 1 saturated heterocycles. The van der Waals surface area contributed by atoms with Gasteiger partial charge in [0.15, 0.2) is 0 Å². The fraction of sp³-hybridized carbons (Fsp3) is 0.389. The fourth-order valence-corrected chi connectivity index (χ4v) is 3.09. The van der Waals surface area contributed by atoms with Crippen molar-refractivity contribution in [2.45, 2.75) is 26.3 Å². The van der Waals surface area contributed by atoms with Gasteiger partial charge in [-0.3, -0.25) is 4.79 Å². The lowest BCUT2D eigenvalue weighted by Crippen LogP contribution is -2.48. The fourth-order valence-electron chi connectivity index (χ4n) is 3.09. The quantitative estimate of drug-likeness (QED) is 0.909. The summed E-state index contributed by atoms with van der Waals surface area (Å²) in [6.07, 6.45) is 2.03. The van der Waals surface area contributed by atoms with Crippen molar-refractivity contribution in [2.75, 3.05) is 13.1 Å². The number of fused-ring (bicyclic) bond motifs is 1. The summed E-state index contributed by atoms with van der Waals surface area (Å²) in [5.74, 6) is 0.155. The largest absolute Gasteiger partial charge is 0.351 e. The predicted molar refractivity (Wildman–Crippen MR) is 86.0 cm³/mol. The molecule has 110 valence electrons. The average molecular weight is 282 g/mol. The van der Waals surface area contributed by atoms with Gasteiger partial charge in [-0.25, -0.2) is 0 Å². The highest BCUT2D eigenvalue weighted by molar-refractivity contribution is 5.87. The second kappa shape index (κ2) is 5.86. The van der Waals surface area contributed by atoms with Gasteiger partial charge in [-0.1, -0.05) is 42.5 Å². The van der Waals surface area contributed by atoms with E-state index in [1.165, 1.54) is 16.3 Å². The summed E-state index contributed by atoms with van der Waals surface area (Å²) < 4.78 is 0. The molecule has 3 rings (SSSR count). The first-order chi connectivity index (χ1) is 10.2. The second-order valence-electron chi connectivity index (χ2n) is 6.16. The van der Waals surface area contributed by atoms with Crippen molar-refractivity contribution < 1.29 is 4.79 Å². The molecule has 1 aliphatic rings. The van der Waals surface area contributed by atoms with Gasteiger partial charge in [0.05, 0.1) is 5.41 Å². The van der Waals surface area contributed by atoms with Crippen LogP contribution in [0.4, 0.5) is 0 Å². The molecule has 0 spiro atoms. The maximum atomic E-state index is 12.5. The van der Waals surface area contributed by atoms with Gasteiger partial charge >= 0.3 is 0 Å². The molecule has 1 aliphatic heterocycles. The van der Waals surface area contributed by atoms with Crippen LogP contribution in [0.5, 0.6) is 0 Å². The van der Waals surface area contributed by atoms with Crippen molar-refractivity contribution in [3.63, 3.8) is 0 Å².